The Morgan fingerprint density at radius 3 is 2.83 bits per heavy atom. The van der Waals surface area contributed by atoms with E-state index in [0.717, 1.165) is 22.8 Å². The number of nitrogens with zero attached hydrogens (tertiary/aromatic N) is 3. The average molecular weight is 346 g/mol. The van der Waals surface area contributed by atoms with E-state index in [-0.39, 0.29) is 11.6 Å². The molecular weight excluding hydrogens is 318 g/mol. The fourth-order valence-electron chi connectivity index (χ4n) is 3.48. The molecule has 0 bridgehead atoms. The van der Waals surface area contributed by atoms with Crippen LogP contribution in [0.15, 0.2) is 34.2 Å². The van der Waals surface area contributed by atoms with Crippen LogP contribution in [0, 0.1) is 0 Å². The Kier molecular flexibility index (Phi) is 5.61. The van der Waals surface area contributed by atoms with Crippen molar-refractivity contribution < 1.29 is 0 Å². The molecule has 0 N–H and O–H groups in total. The Balaban J connectivity index is 1.80. The van der Waals surface area contributed by atoms with Gasteiger partial charge in [-0.25, -0.2) is 4.98 Å². The van der Waals surface area contributed by atoms with E-state index in [9.17, 15) is 4.79 Å². The molecule has 0 unspecified atom stereocenters. The van der Waals surface area contributed by atoms with Crippen LogP contribution in [0.4, 0.5) is 0 Å². The van der Waals surface area contributed by atoms with Gasteiger partial charge in [-0.3, -0.25) is 9.36 Å². The number of hydrogen-bond donors (Lipinski definition) is 0. The van der Waals surface area contributed by atoms with Gasteiger partial charge in [0, 0.05) is 17.8 Å². The van der Waals surface area contributed by atoms with Crippen LogP contribution < -0.4 is 5.56 Å². The molecule has 0 amide bonds. The third-order valence-corrected chi connectivity index (χ3v) is 5.88. The zero-order chi connectivity index (χ0) is 17.1. The van der Waals surface area contributed by atoms with Crippen molar-refractivity contribution in [2.45, 2.75) is 56.8 Å². The fraction of sp³-hybridized carbons (Fsp3) is 0.579. The molecule has 5 heteroatoms. The second-order valence-corrected chi connectivity index (χ2v) is 8.01. The van der Waals surface area contributed by atoms with Gasteiger partial charge in [0.05, 0.1) is 10.9 Å². The molecule has 1 atom stereocenters. The van der Waals surface area contributed by atoms with E-state index in [1.807, 2.05) is 28.8 Å². The SMILES string of the molecule is CC(C)n1c(SCC[C@H]2CCCCN2C)nc2ccccc2c1=O. The van der Waals surface area contributed by atoms with Gasteiger partial charge < -0.3 is 4.90 Å². The number of fused-ring (bicyclic) bond motifs is 1. The van der Waals surface area contributed by atoms with Crippen molar-refractivity contribution in [2.24, 2.45) is 0 Å². The molecule has 4 nitrogen and oxygen atoms in total. The van der Waals surface area contributed by atoms with Crippen molar-refractivity contribution in [2.75, 3.05) is 19.3 Å². The van der Waals surface area contributed by atoms with Crippen LogP contribution >= 0.6 is 11.8 Å². The van der Waals surface area contributed by atoms with Crippen LogP contribution in [-0.4, -0.2) is 39.8 Å². The summed E-state index contributed by atoms with van der Waals surface area (Å²) in [4.78, 5) is 20.1. The topological polar surface area (TPSA) is 38.1 Å². The van der Waals surface area contributed by atoms with E-state index < -0.39 is 0 Å². The van der Waals surface area contributed by atoms with Crippen molar-refractivity contribution in [3.63, 3.8) is 0 Å². The maximum atomic E-state index is 12.8. The minimum absolute atomic E-state index is 0.0767. The number of benzene rings is 1. The molecule has 3 rings (SSSR count). The lowest BCUT2D eigenvalue weighted by molar-refractivity contribution is 0.182. The van der Waals surface area contributed by atoms with Gasteiger partial charge >= 0.3 is 0 Å². The van der Waals surface area contributed by atoms with Gasteiger partial charge in [0.25, 0.3) is 5.56 Å². The smallest absolute Gasteiger partial charge is 0.262 e. The first-order valence-corrected chi connectivity index (χ1v) is 9.91. The summed E-state index contributed by atoms with van der Waals surface area (Å²) in [5.41, 5.74) is 0.879. The van der Waals surface area contributed by atoms with Crippen LogP contribution in [0.3, 0.4) is 0 Å². The first kappa shape index (κ1) is 17.5. The van der Waals surface area contributed by atoms with E-state index in [2.05, 4.69) is 25.8 Å². The highest BCUT2D eigenvalue weighted by Gasteiger charge is 2.19. The van der Waals surface area contributed by atoms with Crippen molar-refractivity contribution in [3.05, 3.63) is 34.6 Å². The van der Waals surface area contributed by atoms with Gasteiger partial charge in [-0.1, -0.05) is 30.3 Å². The number of para-hydroxylation sites is 1. The molecule has 1 aliphatic heterocycles. The average Bonchev–Trinajstić information content (AvgIpc) is 2.56. The third-order valence-electron chi connectivity index (χ3n) is 4.90. The minimum Gasteiger partial charge on any atom is -0.303 e. The van der Waals surface area contributed by atoms with E-state index in [1.165, 1.54) is 25.8 Å². The lowest BCUT2D eigenvalue weighted by Gasteiger charge is -2.32. The largest absolute Gasteiger partial charge is 0.303 e. The standard InChI is InChI=1S/C19H27N3OS/c1-14(2)22-18(23)16-9-4-5-10-17(16)20-19(22)24-13-11-15-8-6-7-12-21(15)3/h4-5,9-10,14-15H,6-8,11-13H2,1-3H3/t15-/m1/s1. The number of piperidine rings is 1. The van der Waals surface area contributed by atoms with Gasteiger partial charge in [-0.15, -0.1) is 0 Å². The zero-order valence-corrected chi connectivity index (χ0v) is 15.7. The molecule has 1 aromatic heterocycles. The molecule has 2 heterocycles. The number of rotatable bonds is 5. The molecule has 1 aromatic carbocycles. The number of hydrogen-bond acceptors (Lipinski definition) is 4. The Morgan fingerprint density at radius 1 is 1.29 bits per heavy atom. The van der Waals surface area contributed by atoms with Gasteiger partial charge in [-0.2, -0.15) is 0 Å². The molecule has 0 saturated carbocycles. The molecule has 1 aliphatic rings. The minimum atomic E-state index is 0.0767. The summed E-state index contributed by atoms with van der Waals surface area (Å²) in [6.45, 7) is 5.31. The quantitative estimate of drug-likeness (QED) is 0.608. The Morgan fingerprint density at radius 2 is 2.08 bits per heavy atom. The van der Waals surface area contributed by atoms with Crippen molar-refractivity contribution >= 4 is 22.7 Å². The summed E-state index contributed by atoms with van der Waals surface area (Å²) in [5.74, 6) is 1.01. The maximum absolute atomic E-state index is 12.8. The maximum Gasteiger partial charge on any atom is 0.262 e. The van der Waals surface area contributed by atoms with Crippen LogP contribution in [0.5, 0.6) is 0 Å². The summed E-state index contributed by atoms with van der Waals surface area (Å²) < 4.78 is 1.84. The molecular formula is C19H27N3OS. The van der Waals surface area contributed by atoms with E-state index in [1.54, 1.807) is 11.8 Å². The molecule has 0 radical (unpaired) electrons. The molecule has 130 valence electrons. The highest BCUT2D eigenvalue weighted by Crippen LogP contribution is 2.24. The highest BCUT2D eigenvalue weighted by atomic mass is 32.2. The Bertz CT molecular complexity index is 756. The lowest BCUT2D eigenvalue weighted by Crippen LogP contribution is -2.36. The van der Waals surface area contributed by atoms with Crippen LogP contribution in [0.25, 0.3) is 10.9 Å². The second-order valence-electron chi connectivity index (χ2n) is 6.95. The zero-order valence-electron chi connectivity index (χ0n) is 14.9. The highest BCUT2D eigenvalue weighted by molar-refractivity contribution is 7.99. The van der Waals surface area contributed by atoms with Gasteiger partial charge in [-0.05, 0) is 58.8 Å². The molecule has 1 fully saturated rings. The predicted octanol–water partition coefficient (Wildman–Crippen LogP) is 3.94. The van der Waals surface area contributed by atoms with Crippen LogP contribution in [-0.2, 0) is 0 Å². The van der Waals surface area contributed by atoms with E-state index >= 15 is 0 Å². The molecule has 1 saturated heterocycles. The van der Waals surface area contributed by atoms with E-state index in [4.69, 9.17) is 4.98 Å². The van der Waals surface area contributed by atoms with Gasteiger partial charge in [0.15, 0.2) is 5.16 Å². The predicted molar refractivity (Wildman–Crippen MR) is 102 cm³/mol. The normalized spacial score (nSPS) is 19.2. The van der Waals surface area contributed by atoms with Crippen LogP contribution in [0.1, 0.15) is 45.6 Å². The summed E-state index contributed by atoms with van der Waals surface area (Å²) in [7, 11) is 2.23. The summed E-state index contributed by atoms with van der Waals surface area (Å²) in [6.07, 6.45) is 5.10. The van der Waals surface area contributed by atoms with Crippen molar-refractivity contribution in [3.8, 4) is 0 Å². The number of aromatic nitrogens is 2. The number of likely N-dealkylation sites (tertiary alicyclic amines) is 1. The van der Waals surface area contributed by atoms with E-state index in [0.29, 0.717) is 11.4 Å². The van der Waals surface area contributed by atoms with Gasteiger partial charge in [0.2, 0.25) is 0 Å². The second kappa shape index (κ2) is 7.70. The lowest BCUT2D eigenvalue weighted by atomic mass is 10.0. The Hall–Kier alpha value is -1.33. The molecule has 0 spiro atoms. The first-order chi connectivity index (χ1) is 11.6. The molecule has 2 aromatic rings. The third kappa shape index (κ3) is 3.67. The van der Waals surface area contributed by atoms with Gasteiger partial charge in [0.1, 0.15) is 0 Å². The van der Waals surface area contributed by atoms with Crippen molar-refractivity contribution in [1.82, 2.24) is 14.5 Å². The van der Waals surface area contributed by atoms with Crippen molar-refractivity contribution in [1.29, 1.82) is 0 Å². The Labute approximate surface area is 148 Å². The molecule has 24 heavy (non-hydrogen) atoms. The summed E-state index contributed by atoms with van der Waals surface area (Å²) >= 11 is 1.73. The first-order valence-electron chi connectivity index (χ1n) is 8.92. The fourth-order valence-corrected chi connectivity index (χ4v) is 4.65. The van der Waals surface area contributed by atoms with Crippen LogP contribution in [0.2, 0.25) is 0 Å². The summed E-state index contributed by atoms with van der Waals surface area (Å²) in [5, 5.41) is 1.56. The number of thioether (sulfide) groups is 1. The summed E-state index contributed by atoms with van der Waals surface area (Å²) in [6, 6.07) is 8.44. The monoisotopic (exact) mass is 345 g/mol. The molecule has 0 aliphatic carbocycles.